The predicted octanol–water partition coefficient (Wildman–Crippen LogP) is 0.412. The van der Waals surface area contributed by atoms with Crippen molar-refractivity contribution in [3.8, 4) is 0 Å². The molecule has 7 nitrogen and oxygen atoms in total. The van der Waals surface area contributed by atoms with E-state index in [0.29, 0.717) is 12.8 Å². The summed E-state index contributed by atoms with van der Waals surface area (Å²) in [6.07, 6.45) is 0.0556. The topological polar surface area (TPSA) is 100 Å². The Balaban J connectivity index is 2.26. The van der Waals surface area contributed by atoms with Gasteiger partial charge in [-0.15, -0.1) is 0 Å². The van der Waals surface area contributed by atoms with Crippen LogP contribution in [0.2, 0.25) is 0 Å². The van der Waals surface area contributed by atoms with E-state index >= 15 is 0 Å². The summed E-state index contributed by atoms with van der Waals surface area (Å²) in [6, 6.07) is -0.288. The Kier molecular flexibility index (Phi) is 3.86. The fourth-order valence-electron chi connectivity index (χ4n) is 3.03. The van der Waals surface area contributed by atoms with Crippen molar-refractivity contribution in [3.63, 3.8) is 0 Å². The Hall–Kier alpha value is -0.0100. The average molecular weight is 281 g/mol. The molecule has 3 unspecified atom stereocenters. The summed E-state index contributed by atoms with van der Waals surface area (Å²) in [5.41, 5.74) is 5.07. The lowest BCUT2D eigenvalue weighted by atomic mass is 9.96. The van der Waals surface area contributed by atoms with Gasteiger partial charge in [0.2, 0.25) is 0 Å². The summed E-state index contributed by atoms with van der Waals surface area (Å²) < 4.78 is 32.5. The number of nitrogens with two attached hydrogens (primary N) is 1. The highest BCUT2D eigenvalue weighted by Gasteiger charge is 2.62. The number of hydrogen-bond acceptors (Lipinski definition) is 6. The van der Waals surface area contributed by atoms with Crippen LogP contribution in [-0.4, -0.2) is 49.1 Å². The first-order valence-electron chi connectivity index (χ1n) is 5.87. The van der Waals surface area contributed by atoms with Gasteiger partial charge in [0.1, 0.15) is 17.8 Å². The Bertz CT molecular complexity index is 366. The largest absolute Gasteiger partial charge is 0.472 e. The number of fused-ring (bicyclic) bond motifs is 1. The number of methoxy groups -OCH3 is 1. The lowest BCUT2D eigenvalue weighted by molar-refractivity contribution is -0.0805. The molecule has 1 aliphatic heterocycles. The van der Waals surface area contributed by atoms with E-state index in [0.717, 1.165) is 7.11 Å². The van der Waals surface area contributed by atoms with Crippen molar-refractivity contribution in [1.29, 1.82) is 0 Å². The van der Waals surface area contributed by atoms with E-state index in [1.807, 2.05) is 6.92 Å². The molecule has 0 bridgehead atoms. The van der Waals surface area contributed by atoms with Gasteiger partial charge in [0.25, 0.3) is 0 Å². The molecular formula is C10H20NO6P. The van der Waals surface area contributed by atoms with Crippen molar-refractivity contribution in [2.75, 3.05) is 14.2 Å². The Morgan fingerprint density at radius 3 is 2.67 bits per heavy atom. The maximum Gasteiger partial charge on any atom is 0.472 e. The van der Waals surface area contributed by atoms with E-state index in [4.69, 9.17) is 19.7 Å². The molecule has 2 fully saturated rings. The molecule has 1 saturated carbocycles. The highest BCUT2D eigenvalue weighted by atomic mass is 31.2. The van der Waals surface area contributed by atoms with Crippen molar-refractivity contribution < 1.29 is 28.0 Å². The number of phosphoric acid groups is 1. The van der Waals surface area contributed by atoms with Crippen LogP contribution >= 0.6 is 7.82 Å². The number of phosphoric ester groups is 1. The van der Waals surface area contributed by atoms with Gasteiger partial charge < -0.3 is 20.1 Å². The van der Waals surface area contributed by atoms with Crippen LogP contribution in [-0.2, 0) is 23.1 Å². The van der Waals surface area contributed by atoms with Crippen LogP contribution in [0.15, 0.2) is 0 Å². The molecule has 0 amide bonds. The summed E-state index contributed by atoms with van der Waals surface area (Å²) in [4.78, 5) is 9.53. The minimum Gasteiger partial charge on any atom is -0.377 e. The Morgan fingerprint density at radius 1 is 1.44 bits per heavy atom. The van der Waals surface area contributed by atoms with E-state index in [1.54, 1.807) is 7.11 Å². The molecule has 106 valence electrons. The molecule has 0 aromatic rings. The summed E-state index contributed by atoms with van der Waals surface area (Å²) in [6.45, 7) is 1.89. The summed E-state index contributed by atoms with van der Waals surface area (Å²) in [5, 5.41) is 0. The van der Waals surface area contributed by atoms with Crippen molar-refractivity contribution in [2.45, 2.75) is 49.7 Å². The first-order chi connectivity index (χ1) is 8.33. The maximum atomic E-state index is 11.7. The van der Waals surface area contributed by atoms with Gasteiger partial charge >= 0.3 is 7.82 Å². The maximum absolute atomic E-state index is 11.7. The first-order valence-corrected chi connectivity index (χ1v) is 7.36. The van der Waals surface area contributed by atoms with Crippen LogP contribution in [0.3, 0.4) is 0 Å². The number of hydrogen-bond donors (Lipinski definition) is 2. The van der Waals surface area contributed by atoms with Crippen LogP contribution in [0.4, 0.5) is 0 Å². The molecule has 2 aliphatic rings. The molecule has 3 N–H and O–H groups in total. The predicted molar refractivity (Wildman–Crippen MR) is 63.0 cm³/mol. The molecule has 0 spiro atoms. The van der Waals surface area contributed by atoms with Gasteiger partial charge in [-0.2, -0.15) is 0 Å². The van der Waals surface area contributed by atoms with E-state index in [-0.39, 0.29) is 18.2 Å². The molecule has 18 heavy (non-hydrogen) atoms. The minimum absolute atomic E-state index is 0.0722. The highest BCUT2D eigenvalue weighted by molar-refractivity contribution is 7.47. The Morgan fingerprint density at radius 2 is 2.11 bits per heavy atom. The second-order valence-electron chi connectivity index (χ2n) is 4.95. The number of rotatable bonds is 4. The fourth-order valence-corrected chi connectivity index (χ4v) is 3.82. The molecule has 0 radical (unpaired) electrons. The molecule has 8 heteroatoms. The average Bonchev–Trinajstić information content (AvgIpc) is 2.66. The molecule has 1 aliphatic carbocycles. The smallest absolute Gasteiger partial charge is 0.377 e. The van der Waals surface area contributed by atoms with Gasteiger partial charge in [0.05, 0.1) is 6.10 Å². The normalized spacial score (nSPS) is 46.9. The lowest BCUT2D eigenvalue weighted by Crippen LogP contribution is -2.42. The lowest BCUT2D eigenvalue weighted by Gasteiger charge is -2.29. The third-order valence-electron chi connectivity index (χ3n) is 3.63. The second kappa shape index (κ2) is 4.83. The third kappa shape index (κ3) is 2.36. The second-order valence-corrected chi connectivity index (χ2v) is 6.43. The van der Waals surface area contributed by atoms with Gasteiger partial charge in [-0.25, -0.2) is 4.57 Å². The Labute approximate surface area is 106 Å². The van der Waals surface area contributed by atoms with E-state index in [1.165, 1.54) is 0 Å². The van der Waals surface area contributed by atoms with Crippen LogP contribution < -0.4 is 5.73 Å². The van der Waals surface area contributed by atoms with Crippen molar-refractivity contribution >= 4 is 7.82 Å². The highest BCUT2D eigenvalue weighted by Crippen LogP contribution is 2.56. The van der Waals surface area contributed by atoms with Gasteiger partial charge in [-0.3, -0.25) is 9.05 Å². The van der Waals surface area contributed by atoms with Crippen LogP contribution in [0, 0.1) is 0 Å². The molecule has 2 rings (SSSR count). The van der Waals surface area contributed by atoms with Gasteiger partial charge in [-0.1, -0.05) is 0 Å². The molecule has 1 saturated heterocycles. The fraction of sp³-hybridized carbons (Fsp3) is 1.00. The minimum atomic E-state index is -4.08. The zero-order valence-corrected chi connectivity index (χ0v) is 11.6. The van der Waals surface area contributed by atoms with Gasteiger partial charge in [0.15, 0.2) is 0 Å². The van der Waals surface area contributed by atoms with Crippen LogP contribution in [0.25, 0.3) is 0 Å². The molecule has 0 aromatic carbocycles. The summed E-state index contributed by atoms with van der Waals surface area (Å²) in [7, 11) is -1.41. The first kappa shape index (κ1) is 14.4. The van der Waals surface area contributed by atoms with E-state index in [2.05, 4.69) is 4.52 Å². The summed E-state index contributed by atoms with van der Waals surface area (Å²) >= 11 is 0. The summed E-state index contributed by atoms with van der Waals surface area (Å²) in [5.74, 6) is 0. The van der Waals surface area contributed by atoms with Gasteiger partial charge in [-0.05, 0) is 13.3 Å². The van der Waals surface area contributed by atoms with E-state index in [9.17, 15) is 9.46 Å². The van der Waals surface area contributed by atoms with Crippen molar-refractivity contribution in [3.05, 3.63) is 0 Å². The number of ether oxygens (including phenoxy) is 2. The zero-order valence-electron chi connectivity index (χ0n) is 10.7. The SMILES string of the molecule is CO[C@H]1C2O[C@@H](C)CC2(OP(=O)(O)OC)C[C@H]1N. The standard InChI is InChI=1S/C10H20NO6P/c1-6-4-10(17-18(12,13)15-3)5-7(11)8(14-2)9(10)16-6/h6-9H,4-5,11H2,1-3H3,(H,12,13)/t6-,7+,8+,9?,10?/m0/s1. The third-order valence-corrected chi connectivity index (χ3v) is 4.69. The zero-order chi connectivity index (χ0) is 13.6. The monoisotopic (exact) mass is 281 g/mol. The molecule has 0 aromatic heterocycles. The van der Waals surface area contributed by atoms with Crippen LogP contribution in [0.5, 0.6) is 0 Å². The molecular weight excluding hydrogens is 261 g/mol. The van der Waals surface area contributed by atoms with E-state index < -0.39 is 19.5 Å². The van der Waals surface area contributed by atoms with Crippen molar-refractivity contribution in [2.24, 2.45) is 5.73 Å². The molecule has 1 heterocycles. The quantitative estimate of drug-likeness (QED) is 0.720. The van der Waals surface area contributed by atoms with Crippen molar-refractivity contribution in [1.82, 2.24) is 0 Å². The van der Waals surface area contributed by atoms with Gasteiger partial charge in [0, 0.05) is 26.7 Å². The van der Waals surface area contributed by atoms with Crippen LogP contribution in [0.1, 0.15) is 19.8 Å². The molecule has 6 atom stereocenters.